The van der Waals surface area contributed by atoms with Crippen molar-refractivity contribution in [3.05, 3.63) is 52.9 Å². The van der Waals surface area contributed by atoms with Crippen LogP contribution >= 0.6 is 0 Å². The van der Waals surface area contributed by atoms with E-state index in [9.17, 15) is 4.79 Å². The summed E-state index contributed by atoms with van der Waals surface area (Å²) in [6.07, 6.45) is 2.60. The van der Waals surface area contributed by atoms with Gasteiger partial charge < -0.3 is 10.2 Å². The topological polar surface area (TPSA) is 61.0 Å². The molecule has 100 valence electrons. The molecule has 19 heavy (non-hydrogen) atoms. The number of H-pyrrole nitrogens is 1. The van der Waals surface area contributed by atoms with Gasteiger partial charge >= 0.3 is 0 Å². The number of hydrogen-bond acceptors (Lipinski definition) is 4. The minimum absolute atomic E-state index is 0.189. The first kappa shape index (κ1) is 13.1. The van der Waals surface area contributed by atoms with Gasteiger partial charge in [0.25, 0.3) is 5.56 Å². The van der Waals surface area contributed by atoms with Crippen LogP contribution in [0.1, 0.15) is 6.42 Å². The van der Waals surface area contributed by atoms with Crippen LogP contribution in [-0.2, 0) is 0 Å². The second-order valence-electron chi connectivity index (χ2n) is 4.37. The van der Waals surface area contributed by atoms with Crippen molar-refractivity contribution in [1.29, 1.82) is 0 Å². The van der Waals surface area contributed by atoms with Crippen molar-refractivity contribution in [2.45, 2.75) is 6.42 Å². The zero-order chi connectivity index (χ0) is 13.5. The molecule has 0 bridgehead atoms. The zero-order valence-corrected chi connectivity index (χ0v) is 11.0. The molecule has 1 heterocycles. The quantitative estimate of drug-likeness (QED) is 0.774. The van der Waals surface area contributed by atoms with Crippen LogP contribution in [0.3, 0.4) is 0 Å². The van der Waals surface area contributed by atoms with Crippen LogP contribution in [0.25, 0.3) is 0 Å². The molecule has 0 atom stereocenters. The largest absolute Gasteiger partial charge is 0.384 e. The predicted octanol–water partition coefficient (Wildman–Crippen LogP) is 1.71. The third kappa shape index (κ3) is 4.13. The highest BCUT2D eigenvalue weighted by molar-refractivity contribution is 5.45. The molecule has 5 nitrogen and oxygen atoms in total. The number of para-hydroxylation sites is 1. The number of benzene rings is 1. The van der Waals surface area contributed by atoms with E-state index in [2.05, 4.69) is 39.6 Å². The highest BCUT2D eigenvalue weighted by Gasteiger charge is 1.99. The Morgan fingerprint density at radius 2 is 2.11 bits per heavy atom. The fourth-order valence-electron chi connectivity index (χ4n) is 1.83. The number of rotatable bonds is 6. The van der Waals surface area contributed by atoms with Gasteiger partial charge in [-0.1, -0.05) is 18.2 Å². The SMILES string of the molecule is CN(CCCNc1cn[nH]c(=O)c1)c1ccccc1. The molecule has 0 radical (unpaired) electrons. The van der Waals surface area contributed by atoms with Crippen LogP contribution in [0.4, 0.5) is 11.4 Å². The van der Waals surface area contributed by atoms with E-state index in [0.717, 1.165) is 25.2 Å². The smallest absolute Gasteiger partial charge is 0.266 e. The molecule has 0 amide bonds. The lowest BCUT2D eigenvalue weighted by atomic mass is 10.3. The average Bonchev–Trinajstić information content (AvgIpc) is 2.44. The molecule has 0 aliphatic rings. The fourth-order valence-corrected chi connectivity index (χ4v) is 1.83. The Kier molecular flexibility index (Phi) is 4.55. The Morgan fingerprint density at radius 1 is 1.32 bits per heavy atom. The molecular formula is C14H18N4O. The highest BCUT2D eigenvalue weighted by Crippen LogP contribution is 2.10. The van der Waals surface area contributed by atoms with Crippen molar-refractivity contribution < 1.29 is 0 Å². The van der Waals surface area contributed by atoms with E-state index >= 15 is 0 Å². The van der Waals surface area contributed by atoms with Crippen LogP contribution in [-0.4, -0.2) is 30.3 Å². The maximum Gasteiger partial charge on any atom is 0.266 e. The Hall–Kier alpha value is -2.30. The lowest BCUT2D eigenvalue weighted by Gasteiger charge is -2.19. The lowest BCUT2D eigenvalue weighted by molar-refractivity contribution is 0.815. The summed E-state index contributed by atoms with van der Waals surface area (Å²) in [5.41, 5.74) is 1.78. The Bertz CT molecular complexity index is 553. The van der Waals surface area contributed by atoms with Crippen LogP contribution in [0, 0.1) is 0 Å². The molecule has 0 saturated carbocycles. The monoisotopic (exact) mass is 258 g/mol. The normalized spacial score (nSPS) is 10.2. The summed E-state index contributed by atoms with van der Waals surface area (Å²) >= 11 is 0. The summed E-state index contributed by atoms with van der Waals surface area (Å²) in [6.45, 7) is 1.76. The average molecular weight is 258 g/mol. The Labute approximate surface area is 112 Å². The number of nitrogens with one attached hydrogen (secondary N) is 2. The molecule has 0 spiro atoms. The third-order valence-electron chi connectivity index (χ3n) is 2.86. The maximum absolute atomic E-state index is 11.0. The molecule has 0 fully saturated rings. The van der Waals surface area contributed by atoms with Crippen molar-refractivity contribution >= 4 is 11.4 Å². The van der Waals surface area contributed by atoms with Crippen LogP contribution in [0.2, 0.25) is 0 Å². The molecule has 2 N–H and O–H groups in total. The van der Waals surface area contributed by atoms with Crippen LogP contribution in [0.5, 0.6) is 0 Å². The Balaban J connectivity index is 1.74. The number of hydrogen-bond donors (Lipinski definition) is 2. The first-order valence-corrected chi connectivity index (χ1v) is 6.30. The van der Waals surface area contributed by atoms with Crippen LogP contribution < -0.4 is 15.8 Å². The minimum atomic E-state index is -0.189. The standard InChI is InChI=1S/C14H18N4O/c1-18(13-6-3-2-4-7-13)9-5-8-15-12-10-14(19)17-16-11-12/h2-4,6-7,10-11H,5,8-9H2,1H3,(H2,15,17,19). The first-order chi connectivity index (χ1) is 9.25. The van der Waals surface area contributed by atoms with Gasteiger partial charge in [-0.2, -0.15) is 5.10 Å². The first-order valence-electron chi connectivity index (χ1n) is 6.30. The van der Waals surface area contributed by atoms with E-state index in [1.54, 1.807) is 6.20 Å². The van der Waals surface area contributed by atoms with Crippen molar-refractivity contribution in [1.82, 2.24) is 10.2 Å². The van der Waals surface area contributed by atoms with Gasteiger partial charge in [-0.15, -0.1) is 0 Å². The summed E-state index contributed by atoms with van der Waals surface area (Å²) in [5.74, 6) is 0. The molecule has 1 aromatic carbocycles. The van der Waals surface area contributed by atoms with Gasteiger partial charge in [0, 0.05) is 31.9 Å². The van der Waals surface area contributed by atoms with E-state index in [1.807, 2.05) is 18.2 Å². The summed E-state index contributed by atoms with van der Waals surface area (Å²) in [7, 11) is 2.07. The van der Waals surface area contributed by atoms with E-state index in [4.69, 9.17) is 0 Å². The van der Waals surface area contributed by atoms with Gasteiger partial charge in [0.1, 0.15) is 0 Å². The van der Waals surface area contributed by atoms with E-state index in [-0.39, 0.29) is 5.56 Å². The molecule has 2 rings (SSSR count). The molecule has 0 aliphatic heterocycles. The second kappa shape index (κ2) is 6.58. The predicted molar refractivity (Wildman–Crippen MR) is 77.7 cm³/mol. The van der Waals surface area contributed by atoms with Crippen molar-refractivity contribution in [3.63, 3.8) is 0 Å². The molecule has 0 aliphatic carbocycles. The van der Waals surface area contributed by atoms with E-state index in [1.165, 1.54) is 11.8 Å². The van der Waals surface area contributed by atoms with Gasteiger partial charge in [-0.05, 0) is 18.6 Å². The van der Waals surface area contributed by atoms with Crippen molar-refractivity contribution in [2.24, 2.45) is 0 Å². The van der Waals surface area contributed by atoms with Crippen molar-refractivity contribution in [3.8, 4) is 0 Å². The van der Waals surface area contributed by atoms with Gasteiger partial charge in [-0.25, -0.2) is 5.10 Å². The van der Waals surface area contributed by atoms with Crippen molar-refractivity contribution in [2.75, 3.05) is 30.4 Å². The lowest BCUT2D eigenvalue weighted by Crippen LogP contribution is -2.21. The van der Waals surface area contributed by atoms with Crippen LogP contribution in [0.15, 0.2) is 47.4 Å². The highest BCUT2D eigenvalue weighted by atomic mass is 16.1. The molecule has 2 aromatic rings. The zero-order valence-electron chi connectivity index (χ0n) is 11.0. The number of aromatic nitrogens is 2. The van der Waals surface area contributed by atoms with E-state index in [0.29, 0.717) is 0 Å². The minimum Gasteiger partial charge on any atom is -0.384 e. The van der Waals surface area contributed by atoms with Gasteiger partial charge in [-0.3, -0.25) is 4.79 Å². The molecular weight excluding hydrogens is 240 g/mol. The Morgan fingerprint density at radius 3 is 2.84 bits per heavy atom. The number of nitrogens with zero attached hydrogens (tertiary/aromatic N) is 2. The van der Waals surface area contributed by atoms with Gasteiger partial charge in [0.2, 0.25) is 0 Å². The third-order valence-corrected chi connectivity index (χ3v) is 2.86. The summed E-state index contributed by atoms with van der Waals surface area (Å²) in [6, 6.07) is 11.8. The molecule has 5 heteroatoms. The number of aromatic amines is 1. The summed E-state index contributed by atoms with van der Waals surface area (Å²) in [5, 5.41) is 9.27. The van der Waals surface area contributed by atoms with Gasteiger partial charge in [0.05, 0.1) is 11.9 Å². The maximum atomic E-state index is 11.0. The van der Waals surface area contributed by atoms with E-state index < -0.39 is 0 Å². The molecule has 1 aromatic heterocycles. The van der Waals surface area contributed by atoms with Gasteiger partial charge in [0.15, 0.2) is 0 Å². The summed E-state index contributed by atoms with van der Waals surface area (Å²) < 4.78 is 0. The summed E-state index contributed by atoms with van der Waals surface area (Å²) in [4.78, 5) is 13.3. The molecule has 0 saturated heterocycles. The second-order valence-corrected chi connectivity index (χ2v) is 4.37. The fraction of sp³-hybridized carbons (Fsp3) is 0.286. The molecule has 0 unspecified atom stereocenters. The number of anilines is 2.